The van der Waals surface area contributed by atoms with Gasteiger partial charge in [-0.25, -0.2) is 0 Å². The molecule has 24 heavy (non-hydrogen) atoms. The number of H-pyrrole nitrogens is 1. The van der Waals surface area contributed by atoms with Crippen LogP contribution in [0.25, 0.3) is 0 Å². The first-order valence-electron chi connectivity index (χ1n) is 8.11. The summed E-state index contributed by atoms with van der Waals surface area (Å²) in [5, 5.41) is 16.6. The van der Waals surface area contributed by atoms with Gasteiger partial charge in [-0.05, 0) is 32.1 Å². The fourth-order valence-electron chi connectivity index (χ4n) is 3.43. The largest absolute Gasteiger partial charge is 0.466 e. The molecule has 2 atom stereocenters. The normalized spacial score (nSPS) is 22.5. The Labute approximate surface area is 140 Å². The van der Waals surface area contributed by atoms with Gasteiger partial charge in [-0.1, -0.05) is 12.2 Å². The summed E-state index contributed by atoms with van der Waals surface area (Å²) in [6.07, 6.45) is 7.10. The highest BCUT2D eigenvalue weighted by Crippen LogP contribution is 2.46. The minimum Gasteiger partial charge on any atom is -0.466 e. The number of esters is 1. The second-order valence-corrected chi connectivity index (χ2v) is 5.92. The first-order valence-corrected chi connectivity index (χ1v) is 8.11. The molecule has 1 aromatic heterocycles. The summed E-state index contributed by atoms with van der Waals surface area (Å²) < 4.78 is 10.5. The molecule has 126 valence electrons. The Hall–Kier alpha value is -2.75. The number of nitrogens with two attached hydrogens (primary N) is 1. The van der Waals surface area contributed by atoms with E-state index in [0.29, 0.717) is 23.8 Å². The fourth-order valence-corrected chi connectivity index (χ4v) is 3.43. The Morgan fingerprint density at radius 2 is 2.42 bits per heavy atom. The summed E-state index contributed by atoms with van der Waals surface area (Å²) in [5.41, 5.74) is 7.73. The molecular formula is C17H20N4O3. The van der Waals surface area contributed by atoms with Crippen LogP contribution in [0.5, 0.6) is 5.88 Å². The van der Waals surface area contributed by atoms with Gasteiger partial charge in [0, 0.05) is 11.5 Å². The van der Waals surface area contributed by atoms with Crippen molar-refractivity contribution in [3.05, 3.63) is 34.9 Å². The zero-order valence-corrected chi connectivity index (χ0v) is 13.5. The van der Waals surface area contributed by atoms with E-state index < -0.39 is 0 Å². The summed E-state index contributed by atoms with van der Waals surface area (Å²) >= 11 is 0. The maximum atomic E-state index is 11.9. The van der Waals surface area contributed by atoms with E-state index in [1.165, 1.54) is 0 Å². The van der Waals surface area contributed by atoms with Gasteiger partial charge in [0.25, 0.3) is 0 Å². The Bertz CT molecular complexity index is 742. The zero-order valence-electron chi connectivity index (χ0n) is 13.5. The van der Waals surface area contributed by atoms with E-state index in [9.17, 15) is 10.1 Å². The third-order valence-electron chi connectivity index (χ3n) is 4.47. The standard InChI is InChI=1S/C17H20N4O3/c1-2-23-13(22)8-12-15-14(10-6-4-3-5-7-10)11(9-18)16(19)24-17(15)21-20-12/h3-4,10,14H,2,5-8,19H2,1H3,(H,20,21)/t10-,14-/m1/s1. The molecule has 3 N–H and O–H groups in total. The zero-order chi connectivity index (χ0) is 17.1. The smallest absolute Gasteiger partial charge is 0.311 e. The number of nitrogens with zero attached hydrogens (tertiary/aromatic N) is 2. The minimum atomic E-state index is -0.340. The molecule has 0 bridgehead atoms. The lowest BCUT2D eigenvalue weighted by Gasteiger charge is -2.31. The average Bonchev–Trinajstić information content (AvgIpc) is 2.96. The predicted octanol–water partition coefficient (Wildman–Crippen LogP) is 2.04. The monoisotopic (exact) mass is 328 g/mol. The lowest BCUT2D eigenvalue weighted by atomic mass is 9.74. The summed E-state index contributed by atoms with van der Waals surface area (Å²) in [6.45, 7) is 2.08. The second kappa shape index (κ2) is 6.79. The molecule has 0 aromatic carbocycles. The van der Waals surface area contributed by atoms with E-state index in [4.69, 9.17) is 15.2 Å². The number of nitrogens with one attached hydrogen (secondary N) is 1. The van der Waals surface area contributed by atoms with Gasteiger partial charge >= 0.3 is 5.97 Å². The number of aromatic amines is 1. The van der Waals surface area contributed by atoms with Crippen molar-refractivity contribution in [2.45, 2.75) is 38.5 Å². The van der Waals surface area contributed by atoms with Gasteiger partial charge in [-0.2, -0.15) is 5.26 Å². The third-order valence-corrected chi connectivity index (χ3v) is 4.47. The molecular weight excluding hydrogens is 308 g/mol. The topological polar surface area (TPSA) is 114 Å². The first kappa shape index (κ1) is 16.1. The molecule has 0 fully saturated rings. The molecule has 0 saturated heterocycles. The van der Waals surface area contributed by atoms with Crippen LogP contribution in [0.3, 0.4) is 0 Å². The van der Waals surface area contributed by atoms with Crippen LogP contribution in [0.1, 0.15) is 43.4 Å². The number of ether oxygens (including phenoxy) is 2. The van der Waals surface area contributed by atoms with Crippen molar-refractivity contribution < 1.29 is 14.3 Å². The highest BCUT2D eigenvalue weighted by Gasteiger charge is 2.39. The molecule has 1 aliphatic carbocycles. The molecule has 3 rings (SSSR count). The van der Waals surface area contributed by atoms with Crippen molar-refractivity contribution in [2.75, 3.05) is 6.61 Å². The highest BCUT2D eigenvalue weighted by atomic mass is 16.5. The van der Waals surface area contributed by atoms with Crippen molar-refractivity contribution in [1.29, 1.82) is 5.26 Å². The molecule has 7 heteroatoms. The van der Waals surface area contributed by atoms with Gasteiger partial charge < -0.3 is 15.2 Å². The molecule has 1 aromatic rings. The number of carbonyl (C=O) groups excluding carboxylic acids is 1. The summed E-state index contributed by atoms with van der Waals surface area (Å²) in [4.78, 5) is 11.9. The first-order chi connectivity index (χ1) is 11.7. The molecule has 2 heterocycles. The van der Waals surface area contributed by atoms with Crippen LogP contribution < -0.4 is 10.5 Å². The van der Waals surface area contributed by atoms with Gasteiger partial charge in [0.05, 0.1) is 24.3 Å². The van der Waals surface area contributed by atoms with Crippen LogP contribution in [-0.4, -0.2) is 22.8 Å². The highest BCUT2D eigenvalue weighted by molar-refractivity contribution is 5.73. The Morgan fingerprint density at radius 3 is 3.08 bits per heavy atom. The number of fused-ring (bicyclic) bond motifs is 1. The predicted molar refractivity (Wildman–Crippen MR) is 85.6 cm³/mol. The molecule has 1 aliphatic heterocycles. The van der Waals surface area contributed by atoms with E-state index in [-0.39, 0.29) is 30.1 Å². The molecule has 0 amide bonds. The van der Waals surface area contributed by atoms with Crippen molar-refractivity contribution in [3.8, 4) is 11.9 Å². The number of nitriles is 1. The van der Waals surface area contributed by atoms with Crippen LogP contribution >= 0.6 is 0 Å². The van der Waals surface area contributed by atoms with E-state index in [0.717, 1.165) is 24.8 Å². The fraction of sp³-hybridized carbons (Fsp3) is 0.471. The van der Waals surface area contributed by atoms with Crippen molar-refractivity contribution in [3.63, 3.8) is 0 Å². The number of hydrogen-bond acceptors (Lipinski definition) is 6. The van der Waals surface area contributed by atoms with E-state index >= 15 is 0 Å². The summed E-state index contributed by atoms with van der Waals surface area (Å²) in [5.74, 6) is 0.118. The van der Waals surface area contributed by atoms with Crippen LogP contribution in [0.15, 0.2) is 23.6 Å². The number of hydrogen-bond donors (Lipinski definition) is 2. The molecule has 0 radical (unpaired) electrons. The Kier molecular flexibility index (Phi) is 4.56. The lowest BCUT2D eigenvalue weighted by molar-refractivity contribution is -0.142. The van der Waals surface area contributed by atoms with Gasteiger partial charge in [-0.15, -0.1) is 5.10 Å². The summed E-state index contributed by atoms with van der Waals surface area (Å²) in [7, 11) is 0. The van der Waals surface area contributed by atoms with Crippen LogP contribution in [-0.2, 0) is 16.0 Å². The number of carbonyl (C=O) groups is 1. The maximum Gasteiger partial charge on any atom is 0.311 e. The van der Waals surface area contributed by atoms with Crippen molar-refractivity contribution in [2.24, 2.45) is 11.7 Å². The summed E-state index contributed by atoms with van der Waals surface area (Å²) in [6, 6.07) is 2.19. The number of rotatable bonds is 4. The minimum absolute atomic E-state index is 0.0667. The molecule has 0 saturated carbocycles. The van der Waals surface area contributed by atoms with E-state index in [2.05, 4.69) is 28.4 Å². The van der Waals surface area contributed by atoms with Gasteiger partial charge in [0.2, 0.25) is 11.8 Å². The third kappa shape index (κ3) is 2.87. The molecule has 2 aliphatic rings. The van der Waals surface area contributed by atoms with Crippen LogP contribution in [0.2, 0.25) is 0 Å². The quantitative estimate of drug-likeness (QED) is 0.646. The maximum absolute atomic E-state index is 11.9. The van der Waals surface area contributed by atoms with Crippen LogP contribution in [0.4, 0.5) is 0 Å². The SMILES string of the molecule is CCOC(=O)Cc1[nH]nc2c1[C@H]([C@@H]1CC=CCC1)C(C#N)=C(N)O2. The van der Waals surface area contributed by atoms with E-state index in [1.54, 1.807) is 6.92 Å². The van der Waals surface area contributed by atoms with Crippen molar-refractivity contribution in [1.82, 2.24) is 10.2 Å². The molecule has 0 unspecified atom stereocenters. The van der Waals surface area contributed by atoms with Crippen LogP contribution in [0, 0.1) is 17.2 Å². The molecule has 0 spiro atoms. The Balaban J connectivity index is 2.00. The van der Waals surface area contributed by atoms with Gasteiger partial charge in [0.15, 0.2) is 0 Å². The molecule has 7 nitrogen and oxygen atoms in total. The number of allylic oxidation sites excluding steroid dienone is 3. The average molecular weight is 328 g/mol. The lowest BCUT2D eigenvalue weighted by Crippen LogP contribution is -2.26. The van der Waals surface area contributed by atoms with Crippen molar-refractivity contribution >= 4 is 5.97 Å². The van der Waals surface area contributed by atoms with Gasteiger partial charge in [0.1, 0.15) is 6.07 Å². The van der Waals surface area contributed by atoms with E-state index in [1.807, 2.05) is 0 Å². The van der Waals surface area contributed by atoms with Gasteiger partial charge in [-0.3, -0.25) is 9.89 Å². The second-order valence-electron chi connectivity index (χ2n) is 5.92. The number of aromatic nitrogens is 2. The Morgan fingerprint density at radius 1 is 1.58 bits per heavy atom.